The highest BCUT2D eigenvalue weighted by molar-refractivity contribution is 5.86. The van der Waals surface area contributed by atoms with Gasteiger partial charge in [0.1, 0.15) is 6.61 Å². The zero-order valence-electron chi connectivity index (χ0n) is 10.5. The van der Waals surface area contributed by atoms with Gasteiger partial charge in [0.15, 0.2) is 0 Å². The van der Waals surface area contributed by atoms with Crippen LogP contribution in [-0.4, -0.2) is 39.5 Å². The van der Waals surface area contributed by atoms with Gasteiger partial charge in [-0.1, -0.05) is 30.3 Å². The van der Waals surface area contributed by atoms with Crippen molar-refractivity contribution in [2.24, 2.45) is 0 Å². The number of methoxy groups -OCH3 is 1. The van der Waals surface area contributed by atoms with Gasteiger partial charge in [-0.25, -0.2) is 4.79 Å². The van der Waals surface area contributed by atoms with Crippen LogP contribution in [0.3, 0.4) is 0 Å². The molecule has 0 N–H and O–H groups in total. The van der Waals surface area contributed by atoms with Crippen LogP contribution in [0, 0.1) is 0 Å². The number of hydrogen-bond donors (Lipinski definition) is 0. The Kier molecular flexibility index (Phi) is 7.52. The maximum atomic E-state index is 11.3. The van der Waals surface area contributed by atoms with Gasteiger partial charge in [0.05, 0.1) is 19.8 Å². The first-order valence-electron chi connectivity index (χ1n) is 5.79. The van der Waals surface area contributed by atoms with E-state index in [-0.39, 0.29) is 12.6 Å². The van der Waals surface area contributed by atoms with Crippen LogP contribution in [0.25, 0.3) is 6.08 Å². The Labute approximate surface area is 107 Å². The van der Waals surface area contributed by atoms with E-state index in [0.717, 1.165) is 5.56 Å². The van der Waals surface area contributed by atoms with Gasteiger partial charge in [0, 0.05) is 13.2 Å². The summed E-state index contributed by atoms with van der Waals surface area (Å²) < 4.78 is 14.9. The summed E-state index contributed by atoms with van der Waals surface area (Å²) >= 11 is 0. The van der Waals surface area contributed by atoms with Crippen molar-refractivity contribution in [3.8, 4) is 0 Å². The van der Waals surface area contributed by atoms with E-state index < -0.39 is 0 Å². The van der Waals surface area contributed by atoms with Crippen LogP contribution >= 0.6 is 0 Å². The highest BCUT2D eigenvalue weighted by Gasteiger charge is 1.96. The summed E-state index contributed by atoms with van der Waals surface area (Å²) in [5.74, 6) is -0.366. The molecule has 18 heavy (non-hydrogen) atoms. The minimum absolute atomic E-state index is 0.252. The second-order valence-corrected chi connectivity index (χ2v) is 3.52. The van der Waals surface area contributed by atoms with E-state index in [9.17, 15) is 4.79 Å². The SMILES string of the molecule is COCCOCCOC(=O)/C=C\c1ccccc1. The quantitative estimate of drug-likeness (QED) is 0.401. The van der Waals surface area contributed by atoms with Crippen LogP contribution in [0.4, 0.5) is 0 Å². The fourth-order valence-electron chi connectivity index (χ4n) is 1.22. The lowest BCUT2D eigenvalue weighted by molar-refractivity contribution is -0.139. The van der Waals surface area contributed by atoms with Crippen LogP contribution in [0.1, 0.15) is 5.56 Å². The number of carbonyl (C=O) groups is 1. The maximum absolute atomic E-state index is 11.3. The van der Waals surface area contributed by atoms with Gasteiger partial charge in [0.2, 0.25) is 0 Å². The summed E-state index contributed by atoms with van der Waals surface area (Å²) in [4.78, 5) is 11.3. The molecule has 0 radical (unpaired) electrons. The third-order valence-corrected chi connectivity index (χ3v) is 2.12. The number of benzene rings is 1. The van der Waals surface area contributed by atoms with E-state index in [1.807, 2.05) is 30.3 Å². The van der Waals surface area contributed by atoms with Crippen molar-refractivity contribution >= 4 is 12.0 Å². The molecule has 1 aromatic carbocycles. The average Bonchev–Trinajstić information content (AvgIpc) is 2.41. The fourth-order valence-corrected chi connectivity index (χ4v) is 1.22. The van der Waals surface area contributed by atoms with Gasteiger partial charge >= 0.3 is 5.97 Å². The van der Waals surface area contributed by atoms with Crippen LogP contribution in [0.15, 0.2) is 36.4 Å². The molecule has 0 fully saturated rings. The predicted molar refractivity (Wildman–Crippen MR) is 69.1 cm³/mol. The third kappa shape index (κ3) is 6.83. The molecule has 0 aliphatic heterocycles. The normalized spacial score (nSPS) is 10.7. The van der Waals surface area contributed by atoms with Gasteiger partial charge in [-0.3, -0.25) is 0 Å². The first-order chi connectivity index (χ1) is 8.83. The highest BCUT2D eigenvalue weighted by atomic mass is 16.6. The number of rotatable bonds is 8. The summed E-state index contributed by atoms with van der Waals surface area (Å²) in [6.07, 6.45) is 3.12. The molecule has 0 aromatic heterocycles. The van der Waals surface area contributed by atoms with Crippen molar-refractivity contribution in [3.05, 3.63) is 42.0 Å². The van der Waals surface area contributed by atoms with E-state index >= 15 is 0 Å². The average molecular weight is 250 g/mol. The molecule has 0 aliphatic rings. The molecule has 0 aliphatic carbocycles. The van der Waals surface area contributed by atoms with Crippen LogP contribution < -0.4 is 0 Å². The fraction of sp³-hybridized carbons (Fsp3) is 0.357. The lowest BCUT2D eigenvalue weighted by Gasteiger charge is -2.03. The molecular formula is C14H18O4. The molecular weight excluding hydrogens is 232 g/mol. The molecule has 0 saturated heterocycles. The molecule has 0 amide bonds. The van der Waals surface area contributed by atoms with E-state index in [1.54, 1.807) is 13.2 Å². The van der Waals surface area contributed by atoms with Crippen LogP contribution in [0.2, 0.25) is 0 Å². The first kappa shape index (κ1) is 14.4. The zero-order valence-corrected chi connectivity index (χ0v) is 10.5. The second kappa shape index (κ2) is 9.39. The molecule has 0 atom stereocenters. The topological polar surface area (TPSA) is 44.8 Å². The zero-order chi connectivity index (χ0) is 13.1. The number of ether oxygens (including phenoxy) is 3. The van der Waals surface area contributed by atoms with Crippen molar-refractivity contribution in [1.82, 2.24) is 0 Å². The third-order valence-electron chi connectivity index (χ3n) is 2.12. The molecule has 4 heteroatoms. The van der Waals surface area contributed by atoms with Crippen molar-refractivity contribution in [2.75, 3.05) is 33.5 Å². The van der Waals surface area contributed by atoms with Crippen molar-refractivity contribution in [1.29, 1.82) is 0 Å². The molecule has 0 saturated carbocycles. The second-order valence-electron chi connectivity index (χ2n) is 3.52. The predicted octanol–water partition coefficient (Wildman–Crippen LogP) is 1.91. The van der Waals surface area contributed by atoms with Gasteiger partial charge in [-0.05, 0) is 11.6 Å². The minimum atomic E-state index is -0.366. The molecule has 98 valence electrons. The lowest BCUT2D eigenvalue weighted by Crippen LogP contribution is -2.10. The molecule has 0 spiro atoms. The molecule has 4 nitrogen and oxygen atoms in total. The Morgan fingerprint density at radius 3 is 2.56 bits per heavy atom. The summed E-state index contributed by atoms with van der Waals surface area (Å²) in [5, 5.41) is 0. The van der Waals surface area contributed by atoms with E-state index in [0.29, 0.717) is 19.8 Å². The number of esters is 1. The van der Waals surface area contributed by atoms with Crippen molar-refractivity contribution in [2.45, 2.75) is 0 Å². The van der Waals surface area contributed by atoms with Crippen molar-refractivity contribution < 1.29 is 19.0 Å². The summed E-state index contributed by atoms with van der Waals surface area (Å²) in [6.45, 7) is 1.69. The smallest absolute Gasteiger partial charge is 0.330 e. The van der Waals surface area contributed by atoms with E-state index in [2.05, 4.69) is 0 Å². The summed E-state index contributed by atoms with van der Waals surface area (Å²) in [7, 11) is 1.61. The summed E-state index contributed by atoms with van der Waals surface area (Å²) in [6, 6.07) is 9.57. The monoisotopic (exact) mass is 250 g/mol. The molecule has 1 rings (SSSR count). The van der Waals surface area contributed by atoms with Crippen molar-refractivity contribution in [3.63, 3.8) is 0 Å². The van der Waals surface area contributed by atoms with Gasteiger partial charge in [-0.2, -0.15) is 0 Å². The Morgan fingerprint density at radius 1 is 1.11 bits per heavy atom. The van der Waals surface area contributed by atoms with Gasteiger partial charge in [0.25, 0.3) is 0 Å². The Hall–Kier alpha value is -1.65. The number of carbonyl (C=O) groups excluding carboxylic acids is 1. The molecule has 0 unspecified atom stereocenters. The van der Waals surface area contributed by atoms with E-state index in [1.165, 1.54) is 6.08 Å². The standard InChI is InChI=1S/C14H18O4/c1-16-9-10-17-11-12-18-14(15)8-7-13-5-3-2-4-6-13/h2-8H,9-12H2,1H3/b8-7-. The Balaban J connectivity index is 2.12. The molecule has 0 heterocycles. The Bertz CT molecular complexity index is 359. The van der Waals surface area contributed by atoms with Gasteiger partial charge < -0.3 is 14.2 Å². The van der Waals surface area contributed by atoms with E-state index in [4.69, 9.17) is 14.2 Å². The largest absolute Gasteiger partial charge is 0.460 e. The number of hydrogen-bond acceptors (Lipinski definition) is 4. The maximum Gasteiger partial charge on any atom is 0.330 e. The minimum Gasteiger partial charge on any atom is -0.460 e. The lowest BCUT2D eigenvalue weighted by atomic mass is 10.2. The van der Waals surface area contributed by atoms with Crippen LogP contribution in [-0.2, 0) is 19.0 Å². The Morgan fingerprint density at radius 2 is 1.83 bits per heavy atom. The van der Waals surface area contributed by atoms with Gasteiger partial charge in [-0.15, -0.1) is 0 Å². The molecule has 1 aromatic rings. The first-order valence-corrected chi connectivity index (χ1v) is 5.79. The molecule has 0 bridgehead atoms. The summed E-state index contributed by atoms with van der Waals surface area (Å²) in [5.41, 5.74) is 0.964. The highest BCUT2D eigenvalue weighted by Crippen LogP contribution is 2.00. The van der Waals surface area contributed by atoms with Crippen LogP contribution in [0.5, 0.6) is 0 Å².